The van der Waals surface area contributed by atoms with Crippen molar-refractivity contribution >= 4 is 40.8 Å². The summed E-state index contributed by atoms with van der Waals surface area (Å²) in [6.07, 6.45) is -0.500. The fraction of sp³-hybridized carbons (Fsp3) is 0.556. The predicted molar refractivity (Wildman–Crippen MR) is 147 cm³/mol. The van der Waals surface area contributed by atoms with E-state index in [4.69, 9.17) is 0 Å². The SMILES string of the molecule is CCSC(C)(C)[C@H](NC(=O)C1(F)CC1)C(=O)N1C[C@H](O)CC1C(=O)NCc1ccc(-c2scnc2C)cc1. The highest BCUT2D eigenvalue weighted by Crippen LogP contribution is 2.41. The van der Waals surface area contributed by atoms with Crippen LogP contribution in [-0.4, -0.2) is 73.6 Å². The zero-order valence-corrected chi connectivity index (χ0v) is 23.8. The van der Waals surface area contributed by atoms with Crippen molar-refractivity contribution in [3.63, 3.8) is 0 Å². The van der Waals surface area contributed by atoms with Gasteiger partial charge >= 0.3 is 0 Å². The molecule has 3 N–H and O–H groups in total. The average Bonchev–Trinajstić information content (AvgIpc) is 3.29. The number of amides is 3. The number of carbonyl (C=O) groups excluding carboxylic acids is 3. The lowest BCUT2D eigenvalue weighted by atomic mass is 10.00. The van der Waals surface area contributed by atoms with Gasteiger partial charge in [-0.05, 0) is 50.5 Å². The standard InChI is InChI=1S/C27H35FN4O4S2/c1-5-38-26(3,4)22(31-25(36)27(28)10-11-27)24(35)32-14-19(33)12-20(32)23(34)29-13-17-6-8-18(9-7-17)21-16(2)30-15-37-21/h6-9,15,19-20,22,33H,5,10-14H2,1-4H3,(H,29,34)(H,31,36)/t19-,20?,22-/m1/s1. The Balaban J connectivity index is 1.45. The third-order valence-electron chi connectivity index (χ3n) is 7.12. The normalized spacial score (nSPS) is 21.2. The van der Waals surface area contributed by atoms with E-state index in [0.717, 1.165) is 21.7 Å². The minimum atomic E-state index is -1.93. The summed E-state index contributed by atoms with van der Waals surface area (Å²) in [4.78, 5) is 46.2. The highest BCUT2D eigenvalue weighted by molar-refractivity contribution is 8.00. The number of aromatic nitrogens is 1. The first-order valence-electron chi connectivity index (χ1n) is 12.8. The lowest BCUT2D eigenvalue weighted by molar-refractivity contribution is -0.143. The lowest BCUT2D eigenvalue weighted by Gasteiger charge is -2.37. The molecule has 2 aromatic rings. The first-order valence-corrected chi connectivity index (χ1v) is 14.7. The number of aryl methyl sites for hydroxylation is 1. The van der Waals surface area contributed by atoms with Gasteiger partial charge in [0.15, 0.2) is 5.67 Å². The minimum Gasteiger partial charge on any atom is -0.391 e. The predicted octanol–water partition coefficient (Wildman–Crippen LogP) is 3.22. The van der Waals surface area contributed by atoms with Crippen molar-refractivity contribution in [2.75, 3.05) is 12.3 Å². The van der Waals surface area contributed by atoms with E-state index >= 15 is 0 Å². The minimum absolute atomic E-state index is 0.0279. The maximum absolute atomic E-state index is 14.5. The Bertz CT molecular complexity index is 1180. The molecule has 38 heavy (non-hydrogen) atoms. The number of halogens is 1. The van der Waals surface area contributed by atoms with Crippen LogP contribution in [0.25, 0.3) is 10.4 Å². The topological polar surface area (TPSA) is 112 Å². The summed E-state index contributed by atoms with van der Waals surface area (Å²) >= 11 is 3.04. The summed E-state index contributed by atoms with van der Waals surface area (Å²) in [5.74, 6) is -0.984. The number of alkyl halides is 1. The van der Waals surface area contributed by atoms with Crippen LogP contribution < -0.4 is 10.6 Å². The van der Waals surface area contributed by atoms with Gasteiger partial charge < -0.3 is 20.6 Å². The summed E-state index contributed by atoms with van der Waals surface area (Å²) in [6.45, 7) is 7.77. The smallest absolute Gasteiger partial charge is 0.258 e. The van der Waals surface area contributed by atoms with Crippen LogP contribution in [0, 0.1) is 6.92 Å². The fourth-order valence-electron chi connectivity index (χ4n) is 4.72. The molecule has 1 saturated carbocycles. The number of thioether (sulfide) groups is 1. The molecule has 2 heterocycles. The third kappa shape index (κ3) is 6.21. The van der Waals surface area contributed by atoms with Gasteiger partial charge in [0.2, 0.25) is 11.8 Å². The average molecular weight is 563 g/mol. The van der Waals surface area contributed by atoms with E-state index in [-0.39, 0.29) is 38.3 Å². The van der Waals surface area contributed by atoms with E-state index in [9.17, 15) is 23.9 Å². The Labute approximate surface area is 230 Å². The summed E-state index contributed by atoms with van der Waals surface area (Å²) < 4.78 is 13.7. The fourth-order valence-corrected chi connectivity index (χ4v) is 6.60. The van der Waals surface area contributed by atoms with Crippen LogP contribution in [0.2, 0.25) is 0 Å². The zero-order chi connectivity index (χ0) is 27.7. The van der Waals surface area contributed by atoms with Crippen LogP contribution in [0.5, 0.6) is 0 Å². The second-order valence-electron chi connectivity index (χ2n) is 10.5. The number of carbonyl (C=O) groups is 3. The second kappa shape index (κ2) is 11.3. The summed E-state index contributed by atoms with van der Waals surface area (Å²) in [7, 11) is 0. The van der Waals surface area contributed by atoms with Crippen molar-refractivity contribution in [1.29, 1.82) is 0 Å². The van der Waals surface area contributed by atoms with Gasteiger partial charge in [-0.2, -0.15) is 11.8 Å². The quantitative estimate of drug-likeness (QED) is 0.410. The largest absolute Gasteiger partial charge is 0.391 e. The molecule has 8 nitrogen and oxygen atoms in total. The molecular formula is C27H35FN4O4S2. The number of nitrogens with one attached hydrogen (secondary N) is 2. The van der Waals surface area contributed by atoms with Gasteiger partial charge in [-0.3, -0.25) is 14.4 Å². The van der Waals surface area contributed by atoms with E-state index in [1.165, 1.54) is 16.7 Å². The van der Waals surface area contributed by atoms with Crippen molar-refractivity contribution in [1.82, 2.24) is 20.5 Å². The lowest BCUT2D eigenvalue weighted by Crippen LogP contribution is -2.61. The first kappa shape index (κ1) is 28.5. The van der Waals surface area contributed by atoms with Gasteiger partial charge in [0.1, 0.15) is 12.1 Å². The number of thiazole rings is 1. The first-order chi connectivity index (χ1) is 17.9. The number of likely N-dealkylation sites (tertiary alicyclic amines) is 1. The number of aliphatic hydroxyl groups is 1. The molecule has 1 aromatic heterocycles. The molecule has 1 unspecified atom stereocenters. The van der Waals surface area contributed by atoms with E-state index in [2.05, 4.69) is 15.6 Å². The molecule has 3 atom stereocenters. The number of rotatable bonds is 10. The van der Waals surface area contributed by atoms with Crippen molar-refractivity contribution in [2.45, 2.75) is 82.1 Å². The number of aliphatic hydroxyl groups excluding tert-OH is 1. The zero-order valence-electron chi connectivity index (χ0n) is 22.1. The van der Waals surface area contributed by atoms with Gasteiger partial charge in [0.05, 0.1) is 22.2 Å². The van der Waals surface area contributed by atoms with Gasteiger partial charge in [0.25, 0.3) is 5.91 Å². The Morgan fingerprint density at radius 2 is 1.97 bits per heavy atom. The molecule has 0 radical (unpaired) electrons. The van der Waals surface area contributed by atoms with E-state index in [1.807, 2.05) is 57.5 Å². The molecule has 1 aliphatic carbocycles. The Kier molecular flexibility index (Phi) is 8.49. The molecule has 0 bridgehead atoms. The van der Waals surface area contributed by atoms with Gasteiger partial charge in [-0.25, -0.2) is 9.37 Å². The van der Waals surface area contributed by atoms with Gasteiger partial charge in [-0.1, -0.05) is 31.2 Å². The van der Waals surface area contributed by atoms with E-state index < -0.39 is 40.4 Å². The van der Waals surface area contributed by atoms with Crippen LogP contribution in [0.4, 0.5) is 4.39 Å². The molecule has 2 fully saturated rings. The third-order valence-corrected chi connectivity index (χ3v) is 9.37. The van der Waals surface area contributed by atoms with Crippen molar-refractivity contribution in [3.8, 4) is 10.4 Å². The second-order valence-corrected chi connectivity index (χ2v) is 13.3. The number of hydrogen-bond donors (Lipinski definition) is 3. The Hall–Kier alpha value is -2.50. The van der Waals surface area contributed by atoms with Gasteiger partial charge in [0, 0.05) is 24.3 Å². The maximum atomic E-state index is 14.5. The summed E-state index contributed by atoms with van der Waals surface area (Å²) in [5.41, 5.74) is 2.79. The van der Waals surface area contributed by atoms with E-state index in [0.29, 0.717) is 5.75 Å². The molecule has 3 amide bonds. The molecule has 1 saturated heterocycles. The number of hydrogen-bond acceptors (Lipinski definition) is 7. The van der Waals surface area contributed by atoms with Crippen LogP contribution in [0.15, 0.2) is 29.8 Å². The Morgan fingerprint density at radius 3 is 2.55 bits per heavy atom. The van der Waals surface area contributed by atoms with Crippen LogP contribution in [0.3, 0.4) is 0 Å². The van der Waals surface area contributed by atoms with Gasteiger partial charge in [-0.15, -0.1) is 11.3 Å². The highest BCUT2D eigenvalue weighted by atomic mass is 32.2. The van der Waals surface area contributed by atoms with Crippen LogP contribution in [0.1, 0.15) is 51.3 Å². The van der Waals surface area contributed by atoms with Crippen molar-refractivity contribution < 1.29 is 23.9 Å². The van der Waals surface area contributed by atoms with Crippen molar-refractivity contribution in [2.24, 2.45) is 0 Å². The molecule has 206 valence electrons. The molecule has 11 heteroatoms. The molecule has 1 aliphatic heterocycles. The number of benzene rings is 1. The van der Waals surface area contributed by atoms with Crippen LogP contribution >= 0.6 is 23.1 Å². The molecule has 2 aliphatic rings. The van der Waals surface area contributed by atoms with Crippen LogP contribution in [-0.2, 0) is 20.9 Å². The monoisotopic (exact) mass is 562 g/mol. The molecule has 0 spiro atoms. The molecule has 4 rings (SSSR count). The van der Waals surface area contributed by atoms with Crippen molar-refractivity contribution in [3.05, 3.63) is 41.0 Å². The highest BCUT2D eigenvalue weighted by Gasteiger charge is 2.54. The summed E-state index contributed by atoms with van der Waals surface area (Å²) in [5, 5.41) is 15.9. The number of nitrogens with zero attached hydrogens (tertiary/aromatic N) is 2. The maximum Gasteiger partial charge on any atom is 0.258 e. The van der Waals surface area contributed by atoms with E-state index in [1.54, 1.807) is 11.3 Å². The molecule has 1 aromatic carbocycles. The Morgan fingerprint density at radius 1 is 1.29 bits per heavy atom. The molecular weight excluding hydrogens is 527 g/mol. The number of β-amino-alcohol motifs (C(OH)–C–C–N with tert-alkyl or cyclic N) is 1. The summed E-state index contributed by atoms with van der Waals surface area (Å²) in [6, 6.07) is 5.89.